The van der Waals surface area contributed by atoms with E-state index in [9.17, 15) is 14.4 Å². The van der Waals surface area contributed by atoms with Crippen LogP contribution in [0.5, 0.6) is 0 Å². The van der Waals surface area contributed by atoms with Crippen LogP contribution in [0, 0.1) is 22.7 Å². The van der Waals surface area contributed by atoms with E-state index in [1.807, 2.05) is 36.2 Å². The van der Waals surface area contributed by atoms with Gasteiger partial charge in [-0.3, -0.25) is 39.3 Å². The molecular weight excluding hydrogens is 909 g/mol. The number of aromatic nitrogens is 2. The molecule has 382 valence electrons. The Balaban J connectivity index is 0.930. The van der Waals surface area contributed by atoms with E-state index in [-0.39, 0.29) is 60.8 Å². The number of fused-ring (bicyclic) bond motifs is 6. The van der Waals surface area contributed by atoms with Crippen molar-refractivity contribution in [3.05, 3.63) is 77.6 Å². The lowest BCUT2D eigenvalue weighted by Crippen LogP contribution is -2.62. The highest BCUT2D eigenvalue weighted by Gasteiger charge is 2.58. The van der Waals surface area contributed by atoms with Crippen LogP contribution in [0.1, 0.15) is 115 Å². The molecule has 2 saturated carbocycles. The molecule has 0 unspecified atom stereocenters. The van der Waals surface area contributed by atoms with Gasteiger partial charge in [-0.05, 0) is 130 Å². The van der Waals surface area contributed by atoms with Gasteiger partial charge in [0.15, 0.2) is 0 Å². The first-order valence-corrected chi connectivity index (χ1v) is 26.9. The maximum Gasteiger partial charge on any atom is 0.324 e. The van der Waals surface area contributed by atoms with E-state index < -0.39 is 34.9 Å². The van der Waals surface area contributed by atoms with E-state index in [0.717, 1.165) is 75.8 Å². The molecule has 6 bridgehead atoms. The van der Waals surface area contributed by atoms with Crippen LogP contribution in [-0.2, 0) is 52.8 Å². The molecule has 2 aromatic carbocycles. The third-order valence-electron chi connectivity index (χ3n) is 17.3. The zero-order chi connectivity index (χ0) is 50.1. The number of hydrogen-bond acceptors (Lipinski definition) is 10. The van der Waals surface area contributed by atoms with Gasteiger partial charge in [0.25, 0.3) is 5.91 Å². The van der Waals surface area contributed by atoms with E-state index in [1.54, 1.807) is 12.0 Å². The number of pyridine rings is 1. The maximum atomic E-state index is 15.2. The number of likely N-dealkylation sites (tertiary alicyclic amines) is 2. The number of cyclic esters (lactones) is 1. The summed E-state index contributed by atoms with van der Waals surface area (Å²) >= 11 is 0. The van der Waals surface area contributed by atoms with Crippen molar-refractivity contribution >= 4 is 40.5 Å². The fourth-order valence-corrected chi connectivity index (χ4v) is 13.1. The van der Waals surface area contributed by atoms with Gasteiger partial charge in [0, 0.05) is 80.4 Å². The zero-order valence-electron chi connectivity index (χ0n) is 42.7. The Morgan fingerprint density at radius 2 is 1.74 bits per heavy atom. The number of methoxy groups -OCH3 is 1. The molecule has 6 fully saturated rings. The minimum atomic E-state index is -1.01. The van der Waals surface area contributed by atoms with Gasteiger partial charge in [-0.1, -0.05) is 57.0 Å². The fourth-order valence-electron chi connectivity index (χ4n) is 13.1. The third kappa shape index (κ3) is 9.12. The van der Waals surface area contributed by atoms with Gasteiger partial charge in [0.05, 0.1) is 29.5 Å². The van der Waals surface area contributed by atoms with Crippen LogP contribution in [0.25, 0.3) is 33.3 Å². The normalized spacial score (nSPS) is 27.6. The predicted molar refractivity (Wildman–Crippen MR) is 273 cm³/mol. The molecule has 1 spiro atoms. The number of carbonyl (C=O) groups excluding carboxylic acids is 5. The van der Waals surface area contributed by atoms with Crippen molar-refractivity contribution in [2.75, 3.05) is 39.9 Å². The van der Waals surface area contributed by atoms with Crippen molar-refractivity contribution in [2.45, 2.75) is 148 Å². The van der Waals surface area contributed by atoms with E-state index in [1.165, 1.54) is 17.9 Å². The van der Waals surface area contributed by atoms with E-state index in [0.29, 0.717) is 70.7 Å². The summed E-state index contributed by atoms with van der Waals surface area (Å²) < 4.78 is 14.4. The first-order valence-electron chi connectivity index (χ1n) is 26.9. The summed E-state index contributed by atoms with van der Waals surface area (Å²) in [6, 6.07) is 16.5. The topological polar surface area (TPSA) is 177 Å². The SMILES string of the molecule is CCn1c(-c2cccnc2[C@H](C)OC)c2c3cc(ccc31)-c1cccc(c1)C[C@H](NC(=O)[C@H](C1CCCC1)N1CC[C@]3(CCN(C(=O)[C@@H]4N[C@@H]4C4CC4)C3)C1=O)C(=O)N1CCC[C@H](N1)C(=O)OCC(C)(C)C2. The molecule has 2 aromatic heterocycles. The standard InChI is InChI=1S/C57H72N8O7/c1-6-63-45-21-20-39-30-41(45)42(50(63)40-16-10-24-58-46(40)34(2)71-5)31-56(3,4)33-72-54(69)43-17-11-25-65(61-43)52(67)44(29-35-12-9-15-38(39)28-35)59-51(66)49(37-13-7-8-14-37)64-27-23-57(55(64)70)22-26-62(32-57)53(68)48-47(60-48)36-18-19-36/h9-10,12,15-16,20-21,24,28,30,34,36-37,43-44,47-49,60-61H,6-8,11,13-14,17-19,22-23,25-27,29,31-33H2,1-5H3,(H,59,66)/t34-,43-,44-,47+,48+,49-,57-/m0/s1. The summed E-state index contributed by atoms with van der Waals surface area (Å²) in [4.78, 5) is 81.2. The summed E-state index contributed by atoms with van der Waals surface area (Å²) in [7, 11) is 1.70. The molecule has 3 N–H and O–H groups in total. The molecule has 4 saturated heterocycles. The van der Waals surface area contributed by atoms with E-state index in [2.05, 4.69) is 77.8 Å². The molecule has 7 atom stereocenters. The van der Waals surface area contributed by atoms with Gasteiger partial charge in [-0.2, -0.15) is 0 Å². The van der Waals surface area contributed by atoms with Crippen LogP contribution in [0.2, 0.25) is 0 Å². The Kier molecular flexibility index (Phi) is 13.0. The number of nitrogens with one attached hydrogen (secondary N) is 3. The molecule has 5 aliphatic heterocycles. The van der Waals surface area contributed by atoms with Gasteiger partial charge in [-0.15, -0.1) is 0 Å². The number of benzene rings is 2. The van der Waals surface area contributed by atoms with Crippen molar-refractivity contribution in [3.8, 4) is 22.4 Å². The molecule has 72 heavy (non-hydrogen) atoms. The molecule has 4 aromatic rings. The number of carbonyl (C=O) groups is 5. The second kappa shape index (κ2) is 19.3. The number of esters is 1. The molecule has 7 aliphatic rings. The van der Waals surface area contributed by atoms with Gasteiger partial charge >= 0.3 is 5.97 Å². The number of hydrogen-bond donors (Lipinski definition) is 3. The van der Waals surface area contributed by atoms with Crippen LogP contribution in [0.15, 0.2) is 60.8 Å². The lowest BCUT2D eigenvalue weighted by molar-refractivity contribution is -0.155. The van der Waals surface area contributed by atoms with Crippen molar-refractivity contribution < 1.29 is 33.4 Å². The summed E-state index contributed by atoms with van der Waals surface area (Å²) in [5, 5.41) is 9.23. The Morgan fingerprint density at radius 1 is 0.944 bits per heavy atom. The van der Waals surface area contributed by atoms with Gasteiger partial charge in [-0.25, -0.2) is 5.43 Å². The third-order valence-corrected chi connectivity index (χ3v) is 17.3. The van der Waals surface area contributed by atoms with Crippen molar-refractivity contribution in [1.29, 1.82) is 0 Å². The number of amides is 4. The number of hydrazine groups is 1. The first-order chi connectivity index (χ1) is 34.8. The van der Waals surface area contributed by atoms with Crippen LogP contribution in [0.4, 0.5) is 0 Å². The van der Waals surface area contributed by atoms with Crippen LogP contribution in [0.3, 0.4) is 0 Å². The minimum absolute atomic E-state index is 0.0507. The maximum absolute atomic E-state index is 15.2. The summed E-state index contributed by atoms with van der Waals surface area (Å²) in [6.07, 6.45) is 10.5. The lowest BCUT2D eigenvalue weighted by Gasteiger charge is -2.37. The predicted octanol–water partition coefficient (Wildman–Crippen LogP) is 6.51. The number of nitrogens with zero attached hydrogens (tertiary/aromatic N) is 5. The highest BCUT2D eigenvalue weighted by Crippen LogP contribution is 2.46. The Bertz CT molecular complexity index is 2780. The number of ether oxygens (including phenoxy) is 2. The lowest BCUT2D eigenvalue weighted by atomic mass is 9.84. The second-order valence-corrected chi connectivity index (χ2v) is 22.9. The molecule has 4 amide bonds. The smallest absolute Gasteiger partial charge is 0.324 e. The molecule has 15 heteroatoms. The molecule has 0 radical (unpaired) electrons. The summed E-state index contributed by atoms with van der Waals surface area (Å²) in [5.41, 5.74) is 10.00. The average molecular weight is 981 g/mol. The molecule has 11 rings (SSSR count). The number of aryl methyl sites for hydroxylation is 1. The monoisotopic (exact) mass is 981 g/mol. The highest BCUT2D eigenvalue weighted by atomic mass is 16.5. The molecule has 2 aliphatic carbocycles. The Labute approximate surface area is 423 Å². The summed E-state index contributed by atoms with van der Waals surface area (Å²) in [5.74, 6) is -0.512. The van der Waals surface area contributed by atoms with Gasteiger partial charge < -0.3 is 29.2 Å². The van der Waals surface area contributed by atoms with Gasteiger partial charge in [0.2, 0.25) is 17.7 Å². The van der Waals surface area contributed by atoms with Crippen molar-refractivity contribution in [2.24, 2.45) is 22.7 Å². The minimum Gasteiger partial charge on any atom is -0.464 e. The molecular formula is C57H72N8O7. The Morgan fingerprint density at radius 3 is 2.51 bits per heavy atom. The Hall–Kier alpha value is -5.64. The largest absolute Gasteiger partial charge is 0.464 e. The summed E-state index contributed by atoms with van der Waals surface area (Å²) in [6.45, 7) is 11.0. The quantitative estimate of drug-likeness (QED) is 0.117. The number of rotatable bonds is 10. The van der Waals surface area contributed by atoms with Crippen molar-refractivity contribution in [1.82, 2.24) is 40.4 Å². The van der Waals surface area contributed by atoms with Crippen LogP contribution < -0.4 is 16.1 Å². The fraction of sp³-hybridized carbons (Fsp3) is 0.579. The zero-order valence-corrected chi connectivity index (χ0v) is 42.7. The highest BCUT2D eigenvalue weighted by molar-refractivity contribution is 5.97. The van der Waals surface area contributed by atoms with Crippen LogP contribution >= 0.6 is 0 Å². The molecule has 15 nitrogen and oxygen atoms in total. The molecule has 7 heterocycles. The van der Waals surface area contributed by atoms with E-state index >= 15 is 9.59 Å². The first kappa shape index (κ1) is 48.6. The van der Waals surface area contributed by atoms with Crippen molar-refractivity contribution in [3.63, 3.8) is 0 Å². The van der Waals surface area contributed by atoms with E-state index in [4.69, 9.17) is 14.5 Å². The van der Waals surface area contributed by atoms with Crippen LogP contribution in [-0.4, -0.2) is 124 Å². The second-order valence-electron chi connectivity index (χ2n) is 22.9. The van der Waals surface area contributed by atoms with Gasteiger partial charge in [0.1, 0.15) is 24.2 Å². The average Bonchev–Trinajstić information content (AvgIpc) is 4.22.